The molecule has 0 aliphatic carbocycles. The van der Waals surface area contributed by atoms with Crippen LogP contribution in [-0.4, -0.2) is 28.0 Å². The fourth-order valence-corrected chi connectivity index (χ4v) is 3.17. The number of nitrogens with zero attached hydrogens (tertiary/aromatic N) is 3. The monoisotopic (exact) mass is 412 g/mol. The normalized spacial score (nSPS) is 11.4. The van der Waals surface area contributed by atoms with E-state index in [1.54, 1.807) is 18.0 Å². The number of hydrogen-bond donors (Lipinski definition) is 1. The highest BCUT2D eigenvalue weighted by Crippen LogP contribution is 2.20. The lowest BCUT2D eigenvalue weighted by molar-refractivity contribution is -0.111. The van der Waals surface area contributed by atoms with Gasteiger partial charge in [0, 0.05) is 11.8 Å². The molecule has 1 heterocycles. The van der Waals surface area contributed by atoms with Crippen LogP contribution >= 0.6 is 0 Å². The Morgan fingerprint density at radius 1 is 0.968 bits per heavy atom. The smallest absolute Gasteiger partial charge is 0.248 e. The Bertz CT molecular complexity index is 1220. The number of amides is 1. The van der Waals surface area contributed by atoms with Crippen molar-refractivity contribution in [3.05, 3.63) is 83.9 Å². The molecule has 4 rings (SSSR count). The van der Waals surface area contributed by atoms with E-state index in [1.807, 2.05) is 54.6 Å². The standard InChI is InChI=1S/C25H24N4O2/c1-17(2)19-7-10-21(11-8-19)29-27-23-14-9-20(16-24(23)28-29)26-25(30)15-6-18-4-12-22(31-3)13-5-18/h4-17H,1-3H3,(H,26,30)/b15-6+. The molecule has 6 nitrogen and oxygen atoms in total. The van der Waals surface area contributed by atoms with Crippen LogP contribution in [0.25, 0.3) is 22.8 Å². The zero-order chi connectivity index (χ0) is 21.8. The summed E-state index contributed by atoms with van der Waals surface area (Å²) in [6.07, 6.45) is 3.25. The molecule has 156 valence electrons. The van der Waals surface area contributed by atoms with Gasteiger partial charge < -0.3 is 10.1 Å². The minimum Gasteiger partial charge on any atom is -0.497 e. The van der Waals surface area contributed by atoms with Gasteiger partial charge in [-0.2, -0.15) is 4.80 Å². The van der Waals surface area contributed by atoms with Gasteiger partial charge in [0.25, 0.3) is 0 Å². The van der Waals surface area contributed by atoms with Crippen molar-refractivity contribution in [2.45, 2.75) is 19.8 Å². The molecular weight excluding hydrogens is 388 g/mol. The van der Waals surface area contributed by atoms with Crippen LogP contribution in [0.2, 0.25) is 0 Å². The molecule has 0 fully saturated rings. The second-order valence-electron chi connectivity index (χ2n) is 7.53. The van der Waals surface area contributed by atoms with Gasteiger partial charge in [-0.3, -0.25) is 4.79 Å². The summed E-state index contributed by atoms with van der Waals surface area (Å²) in [6, 6.07) is 21.2. The minimum atomic E-state index is -0.216. The molecule has 0 saturated heterocycles. The first kappa shape index (κ1) is 20.3. The lowest BCUT2D eigenvalue weighted by Gasteiger charge is -2.05. The number of ether oxygens (including phenoxy) is 1. The summed E-state index contributed by atoms with van der Waals surface area (Å²) in [5, 5.41) is 12.0. The van der Waals surface area contributed by atoms with E-state index in [0.29, 0.717) is 17.1 Å². The molecule has 1 N–H and O–H groups in total. The SMILES string of the molecule is COc1ccc(/C=C/C(=O)Nc2ccc3nn(-c4ccc(C(C)C)cc4)nc3c2)cc1. The van der Waals surface area contributed by atoms with E-state index in [1.165, 1.54) is 11.6 Å². The molecule has 0 bridgehead atoms. The van der Waals surface area contributed by atoms with Crippen LogP contribution < -0.4 is 10.1 Å². The van der Waals surface area contributed by atoms with Crippen molar-refractivity contribution in [2.24, 2.45) is 0 Å². The van der Waals surface area contributed by atoms with Crippen LogP contribution in [0.3, 0.4) is 0 Å². The molecule has 31 heavy (non-hydrogen) atoms. The van der Waals surface area contributed by atoms with Gasteiger partial charge in [-0.25, -0.2) is 0 Å². The Kier molecular flexibility index (Phi) is 5.80. The summed E-state index contributed by atoms with van der Waals surface area (Å²) < 4.78 is 5.14. The third kappa shape index (κ3) is 4.80. The molecule has 0 spiro atoms. The molecule has 1 amide bonds. The first-order chi connectivity index (χ1) is 15.0. The molecular formula is C25H24N4O2. The van der Waals surface area contributed by atoms with Crippen molar-refractivity contribution in [1.29, 1.82) is 0 Å². The molecule has 0 unspecified atom stereocenters. The van der Waals surface area contributed by atoms with Crippen LogP contribution in [0, 0.1) is 0 Å². The van der Waals surface area contributed by atoms with Crippen LogP contribution in [0.15, 0.2) is 72.8 Å². The zero-order valence-electron chi connectivity index (χ0n) is 17.7. The van der Waals surface area contributed by atoms with E-state index >= 15 is 0 Å². The fourth-order valence-electron chi connectivity index (χ4n) is 3.17. The third-order valence-corrected chi connectivity index (χ3v) is 4.98. The third-order valence-electron chi connectivity index (χ3n) is 4.98. The lowest BCUT2D eigenvalue weighted by atomic mass is 10.0. The van der Waals surface area contributed by atoms with Crippen LogP contribution in [0.5, 0.6) is 5.75 Å². The summed E-state index contributed by atoms with van der Waals surface area (Å²) in [6.45, 7) is 4.33. The van der Waals surface area contributed by atoms with Crippen molar-refractivity contribution in [3.8, 4) is 11.4 Å². The second-order valence-corrected chi connectivity index (χ2v) is 7.53. The Labute approximate surface area is 181 Å². The second kappa shape index (κ2) is 8.83. The maximum Gasteiger partial charge on any atom is 0.248 e. The Hall–Kier alpha value is -3.93. The maximum absolute atomic E-state index is 12.3. The number of rotatable bonds is 6. The number of nitrogens with one attached hydrogen (secondary N) is 1. The van der Waals surface area contributed by atoms with Crippen molar-refractivity contribution >= 4 is 28.7 Å². The molecule has 0 aliphatic rings. The largest absolute Gasteiger partial charge is 0.497 e. The highest BCUT2D eigenvalue weighted by molar-refractivity contribution is 6.02. The zero-order valence-corrected chi connectivity index (χ0v) is 17.7. The van der Waals surface area contributed by atoms with Gasteiger partial charge in [-0.15, -0.1) is 10.2 Å². The Morgan fingerprint density at radius 2 is 1.68 bits per heavy atom. The summed E-state index contributed by atoms with van der Waals surface area (Å²) in [5.74, 6) is 1.04. The van der Waals surface area contributed by atoms with Gasteiger partial charge in [0.15, 0.2) is 0 Å². The number of methoxy groups -OCH3 is 1. The predicted octanol–water partition coefficient (Wildman–Crippen LogP) is 5.20. The maximum atomic E-state index is 12.3. The summed E-state index contributed by atoms with van der Waals surface area (Å²) in [4.78, 5) is 13.9. The predicted molar refractivity (Wildman–Crippen MR) is 124 cm³/mol. The Morgan fingerprint density at radius 3 is 2.35 bits per heavy atom. The number of carbonyl (C=O) groups is 1. The van der Waals surface area contributed by atoms with E-state index < -0.39 is 0 Å². The first-order valence-corrected chi connectivity index (χ1v) is 10.1. The molecule has 0 saturated carbocycles. The molecule has 0 aliphatic heterocycles. The van der Waals surface area contributed by atoms with Gasteiger partial charge in [-0.05, 0) is 65.6 Å². The van der Waals surface area contributed by atoms with Crippen LogP contribution in [0.1, 0.15) is 30.9 Å². The number of carbonyl (C=O) groups excluding carboxylic acids is 1. The number of fused-ring (bicyclic) bond motifs is 1. The molecule has 4 aromatic rings. The highest BCUT2D eigenvalue weighted by atomic mass is 16.5. The van der Waals surface area contributed by atoms with Gasteiger partial charge in [0.05, 0.1) is 12.8 Å². The summed E-state index contributed by atoms with van der Waals surface area (Å²) in [5.41, 5.74) is 5.23. The molecule has 3 aromatic carbocycles. The average molecular weight is 412 g/mol. The Balaban J connectivity index is 1.47. The van der Waals surface area contributed by atoms with Crippen LogP contribution in [-0.2, 0) is 4.79 Å². The van der Waals surface area contributed by atoms with E-state index in [-0.39, 0.29) is 5.91 Å². The van der Waals surface area contributed by atoms with E-state index in [2.05, 4.69) is 41.5 Å². The molecule has 1 aromatic heterocycles. The van der Waals surface area contributed by atoms with E-state index in [0.717, 1.165) is 22.5 Å². The minimum absolute atomic E-state index is 0.216. The van der Waals surface area contributed by atoms with Gasteiger partial charge in [0.2, 0.25) is 5.91 Å². The van der Waals surface area contributed by atoms with Gasteiger partial charge in [-0.1, -0.05) is 38.1 Å². The van der Waals surface area contributed by atoms with Gasteiger partial charge in [0.1, 0.15) is 16.8 Å². The number of anilines is 1. The first-order valence-electron chi connectivity index (χ1n) is 10.1. The van der Waals surface area contributed by atoms with Crippen LogP contribution in [0.4, 0.5) is 5.69 Å². The van der Waals surface area contributed by atoms with Crippen molar-refractivity contribution in [3.63, 3.8) is 0 Å². The van der Waals surface area contributed by atoms with Gasteiger partial charge >= 0.3 is 0 Å². The highest BCUT2D eigenvalue weighted by Gasteiger charge is 2.08. The molecule has 0 atom stereocenters. The number of aromatic nitrogens is 3. The van der Waals surface area contributed by atoms with E-state index in [9.17, 15) is 4.79 Å². The molecule has 0 radical (unpaired) electrons. The molecule has 6 heteroatoms. The van der Waals surface area contributed by atoms with Crippen molar-refractivity contribution < 1.29 is 9.53 Å². The number of hydrogen-bond acceptors (Lipinski definition) is 4. The number of benzene rings is 3. The lowest BCUT2D eigenvalue weighted by Crippen LogP contribution is -2.07. The fraction of sp³-hybridized carbons (Fsp3) is 0.160. The quantitative estimate of drug-likeness (QED) is 0.442. The van der Waals surface area contributed by atoms with Crippen molar-refractivity contribution in [2.75, 3.05) is 12.4 Å². The summed E-state index contributed by atoms with van der Waals surface area (Å²) in [7, 11) is 1.62. The van der Waals surface area contributed by atoms with Crippen molar-refractivity contribution in [1.82, 2.24) is 15.0 Å². The topological polar surface area (TPSA) is 69.0 Å². The average Bonchev–Trinajstić information content (AvgIpc) is 3.21. The summed E-state index contributed by atoms with van der Waals surface area (Å²) >= 11 is 0. The van der Waals surface area contributed by atoms with E-state index in [4.69, 9.17) is 4.74 Å².